The zero-order valence-electron chi connectivity index (χ0n) is 9.27. The molecular formula is C13H14FeNOSe. The van der Waals surface area contributed by atoms with E-state index in [2.05, 4.69) is 21.0 Å². The molecule has 2 aliphatic rings. The third kappa shape index (κ3) is 8.40. The molecule has 2 saturated carbocycles. The van der Waals surface area contributed by atoms with Gasteiger partial charge in [-0.1, -0.05) is 0 Å². The number of aliphatic hydroxyl groups is 1. The first-order valence-electron chi connectivity index (χ1n) is 5.05. The minimum absolute atomic E-state index is 0. The van der Waals surface area contributed by atoms with E-state index in [1.807, 2.05) is 57.8 Å². The van der Waals surface area contributed by atoms with Gasteiger partial charge in [-0.25, -0.2) is 0 Å². The van der Waals surface area contributed by atoms with Crippen molar-refractivity contribution >= 4 is 20.6 Å². The van der Waals surface area contributed by atoms with Crippen molar-refractivity contribution in [1.29, 1.82) is 0 Å². The largest absolute Gasteiger partial charge is 0.0312 e. The van der Waals surface area contributed by atoms with Crippen LogP contribution in [0.4, 0.5) is 0 Å². The molecule has 2 nitrogen and oxygen atoms in total. The van der Waals surface area contributed by atoms with Gasteiger partial charge in [0.1, 0.15) is 0 Å². The summed E-state index contributed by atoms with van der Waals surface area (Å²) >= 11 is 2.85. The Balaban J connectivity index is 0.000000360. The van der Waals surface area contributed by atoms with E-state index >= 15 is 0 Å². The summed E-state index contributed by atoms with van der Waals surface area (Å²) in [6.45, 7) is 0.569. The van der Waals surface area contributed by atoms with Crippen LogP contribution in [0, 0.1) is 63.7 Å². The molecule has 0 saturated heterocycles. The smallest absolute Gasteiger partial charge is 0 e. The molecule has 2 rings (SSSR count). The van der Waals surface area contributed by atoms with Crippen LogP contribution >= 0.6 is 0 Å². The fourth-order valence-electron chi connectivity index (χ4n) is 1.08. The van der Waals surface area contributed by atoms with Crippen LogP contribution in [-0.2, 0) is 17.1 Å². The summed E-state index contributed by atoms with van der Waals surface area (Å²) in [5, 5.41) is 8.49. The SMILES string of the molecule is OCCN=C([Se])[C]1[CH][CH][CH][CH]1.[CH]1[CH][CH][CH][CH]1.[Fe]. The van der Waals surface area contributed by atoms with Crippen molar-refractivity contribution in [2.24, 2.45) is 4.99 Å². The Bertz CT molecular complexity index is 194. The van der Waals surface area contributed by atoms with Crippen LogP contribution in [0.2, 0.25) is 0 Å². The average Bonchev–Trinajstić information content (AvgIpc) is 2.98. The van der Waals surface area contributed by atoms with E-state index in [9.17, 15) is 0 Å². The average molecular weight is 335 g/mol. The molecule has 1 N–H and O–H groups in total. The van der Waals surface area contributed by atoms with E-state index in [0.717, 1.165) is 10.5 Å². The zero-order valence-corrected chi connectivity index (χ0v) is 12.1. The zero-order chi connectivity index (χ0) is 11.6. The van der Waals surface area contributed by atoms with Gasteiger partial charge in [-0.3, -0.25) is 0 Å². The molecule has 0 aromatic carbocycles. The number of rotatable bonds is 3. The predicted octanol–water partition coefficient (Wildman–Crippen LogP) is 0.970. The second kappa shape index (κ2) is 11.7. The van der Waals surface area contributed by atoms with Gasteiger partial charge in [0.25, 0.3) is 0 Å². The number of hydrogen-bond acceptors (Lipinski definition) is 2. The summed E-state index contributed by atoms with van der Waals surface area (Å²) in [5.41, 5.74) is 0. The number of aliphatic hydroxyl groups excluding tert-OH is 1. The maximum atomic E-state index is 8.49. The first-order chi connectivity index (χ1) is 7.84. The summed E-state index contributed by atoms with van der Waals surface area (Å²) < 4.78 is 0.865. The van der Waals surface area contributed by atoms with Gasteiger partial charge in [0.15, 0.2) is 0 Å². The molecule has 0 spiro atoms. The summed E-state index contributed by atoms with van der Waals surface area (Å²) in [6, 6.07) is 0. The second-order valence-electron chi connectivity index (χ2n) is 3.05. The molecule has 0 unspecified atom stereocenters. The van der Waals surface area contributed by atoms with Gasteiger partial charge >= 0.3 is 75.5 Å². The molecule has 2 fully saturated rings. The Morgan fingerprint density at radius 3 is 1.88 bits per heavy atom. The van der Waals surface area contributed by atoms with Gasteiger partial charge < -0.3 is 0 Å². The van der Waals surface area contributed by atoms with Crippen LogP contribution in [0.1, 0.15) is 0 Å². The van der Waals surface area contributed by atoms with Crippen LogP contribution < -0.4 is 0 Å². The van der Waals surface area contributed by atoms with Gasteiger partial charge in [-0.15, -0.1) is 0 Å². The summed E-state index contributed by atoms with van der Waals surface area (Å²) in [7, 11) is 0. The van der Waals surface area contributed by atoms with Crippen molar-refractivity contribution in [3.8, 4) is 0 Å². The van der Waals surface area contributed by atoms with Gasteiger partial charge in [0.2, 0.25) is 0 Å². The predicted molar refractivity (Wildman–Crippen MR) is 67.1 cm³/mol. The van der Waals surface area contributed by atoms with Crippen molar-refractivity contribution in [2.45, 2.75) is 0 Å². The van der Waals surface area contributed by atoms with Crippen molar-refractivity contribution in [3.05, 3.63) is 63.7 Å². The van der Waals surface area contributed by atoms with Crippen molar-refractivity contribution in [3.63, 3.8) is 0 Å². The van der Waals surface area contributed by atoms with E-state index in [4.69, 9.17) is 5.11 Å². The summed E-state index contributed by atoms with van der Waals surface area (Å²) in [6.07, 6.45) is 17.9. The quantitative estimate of drug-likeness (QED) is 0.605. The minimum atomic E-state index is 0. The van der Waals surface area contributed by atoms with Crippen molar-refractivity contribution < 1.29 is 22.2 Å². The molecule has 0 aromatic rings. The molecule has 2 aliphatic carbocycles. The molecule has 0 amide bonds. The molecule has 0 aliphatic heterocycles. The molecule has 0 aromatic heterocycles. The number of nitrogens with zero attached hydrogens (tertiary/aromatic N) is 1. The Morgan fingerprint density at radius 1 is 1.00 bits per heavy atom. The van der Waals surface area contributed by atoms with Crippen LogP contribution in [-0.4, -0.2) is 38.9 Å². The topological polar surface area (TPSA) is 32.6 Å². The Morgan fingerprint density at radius 2 is 1.47 bits per heavy atom. The molecule has 0 atom stereocenters. The van der Waals surface area contributed by atoms with E-state index in [-0.39, 0.29) is 23.7 Å². The van der Waals surface area contributed by atoms with Gasteiger partial charge in [-0.2, -0.15) is 0 Å². The number of hydrogen-bond donors (Lipinski definition) is 1. The monoisotopic (exact) mass is 336 g/mol. The van der Waals surface area contributed by atoms with Gasteiger partial charge in [-0.05, 0) is 32.1 Å². The third-order valence-corrected chi connectivity index (χ3v) is 2.59. The maximum absolute atomic E-state index is 8.49. The fourth-order valence-corrected chi connectivity index (χ4v) is 1.56. The standard InChI is InChI=1S/C8H9NOSe.C5H5.Fe/c10-6-5-9-8(11)7-3-1-2-4-7;1-2-4-5-3-1;/h1-4,10H,5-6H2;1-5H;. The van der Waals surface area contributed by atoms with E-state index in [1.54, 1.807) is 0 Å². The van der Waals surface area contributed by atoms with Crippen LogP contribution in [0.3, 0.4) is 0 Å². The van der Waals surface area contributed by atoms with E-state index in [1.165, 1.54) is 0 Å². The molecular weight excluding hydrogens is 321 g/mol. The van der Waals surface area contributed by atoms with Gasteiger partial charge in [0.05, 0.1) is 0 Å². The van der Waals surface area contributed by atoms with E-state index < -0.39 is 0 Å². The third-order valence-electron chi connectivity index (χ3n) is 1.82. The Labute approximate surface area is 124 Å². The first-order valence-corrected chi connectivity index (χ1v) is 5.91. The molecule has 4 heteroatoms. The number of aliphatic imine (C=N–C) groups is 1. The fraction of sp³-hybridized carbons (Fsp3) is 0.154. The molecule has 11 radical (unpaired) electrons. The second-order valence-corrected chi connectivity index (χ2v) is 3.86. The molecule has 0 bridgehead atoms. The normalized spacial score (nSPS) is 20.6. The molecule has 17 heavy (non-hydrogen) atoms. The van der Waals surface area contributed by atoms with Crippen molar-refractivity contribution in [2.75, 3.05) is 13.2 Å². The summed E-state index contributed by atoms with van der Waals surface area (Å²) in [4.78, 5) is 4.10. The first kappa shape index (κ1) is 17.7. The minimum Gasteiger partial charge on any atom is -0.0312 e. The van der Waals surface area contributed by atoms with Gasteiger partial charge in [0, 0.05) is 17.1 Å². The molecule has 0 heterocycles. The maximum Gasteiger partial charge on any atom is 0 e. The van der Waals surface area contributed by atoms with Crippen LogP contribution in [0.15, 0.2) is 4.99 Å². The Hall–Kier alpha value is 0.669. The van der Waals surface area contributed by atoms with Crippen LogP contribution in [0.5, 0.6) is 0 Å². The summed E-state index contributed by atoms with van der Waals surface area (Å²) in [5.74, 6) is 1.08. The van der Waals surface area contributed by atoms with Crippen LogP contribution in [0.25, 0.3) is 0 Å². The Kier molecular flexibility index (Phi) is 12.2. The van der Waals surface area contributed by atoms with Crippen molar-refractivity contribution in [1.82, 2.24) is 0 Å². The van der Waals surface area contributed by atoms with E-state index in [0.29, 0.717) is 6.54 Å². The molecule has 91 valence electrons.